The molecule has 0 amide bonds. The number of aryl methyl sites for hydroxylation is 1. The molecular weight excluding hydrogens is 404 g/mol. The van der Waals surface area contributed by atoms with Gasteiger partial charge in [-0.1, -0.05) is 31.2 Å². The van der Waals surface area contributed by atoms with Gasteiger partial charge in [0.05, 0.1) is 20.8 Å². The van der Waals surface area contributed by atoms with Gasteiger partial charge in [0.2, 0.25) is 11.9 Å². The highest BCUT2D eigenvalue weighted by atomic mass is 16.5. The smallest absolute Gasteiger partial charge is 0.232 e. The molecule has 0 radical (unpaired) electrons. The molecule has 0 aliphatic carbocycles. The molecule has 8 heteroatoms. The molecule has 1 atom stereocenters. The van der Waals surface area contributed by atoms with Crippen LogP contribution in [0.4, 0.5) is 17.6 Å². The number of hydrogen-bond acceptors (Lipinski definition) is 8. The van der Waals surface area contributed by atoms with E-state index in [-0.39, 0.29) is 12.0 Å². The fourth-order valence-electron chi connectivity index (χ4n) is 4.28. The second kappa shape index (κ2) is 9.82. The highest BCUT2D eigenvalue weighted by molar-refractivity contribution is 5.58. The molecule has 1 aromatic heterocycles. The van der Waals surface area contributed by atoms with Crippen LogP contribution in [-0.4, -0.2) is 40.6 Å². The number of aromatic nitrogens is 3. The van der Waals surface area contributed by atoms with Crippen molar-refractivity contribution in [1.82, 2.24) is 19.9 Å². The van der Waals surface area contributed by atoms with Crippen molar-refractivity contribution in [2.75, 3.05) is 31.8 Å². The summed E-state index contributed by atoms with van der Waals surface area (Å²) in [7, 11) is 3.35. The summed E-state index contributed by atoms with van der Waals surface area (Å²) in [5.74, 6) is 2.93. The van der Waals surface area contributed by atoms with Crippen LogP contribution in [0.3, 0.4) is 0 Å². The lowest BCUT2D eigenvalue weighted by atomic mass is 10.0. The second-order valence-corrected chi connectivity index (χ2v) is 7.81. The number of nitrogens with one attached hydrogen (secondary N) is 1. The topological polar surface area (TPSA) is 98.4 Å². The summed E-state index contributed by atoms with van der Waals surface area (Å²) in [6.45, 7) is 3.65. The molecule has 32 heavy (non-hydrogen) atoms. The van der Waals surface area contributed by atoms with E-state index in [1.54, 1.807) is 14.2 Å². The van der Waals surface area contributed by atoms with Crippen molar-refractivity contribution in [3.8, 4) is 11.5 Å². The van der Waals surface area contributed by atoms with Crippen LogP contribution in [0, 0.1) is 0 Å². The Balaban J connectivity index is 1.56. The van der Waals surface area contributed by atoms with Crippen LogP contribution in [0.1, 0.15) is 42.8 Å². The first kappa shape index (κ1) is 21.8. The van der Waals surface area contributed by atoms with Gasteiger partial charge < -0.3 is 20.5 Å². The molecule has 168 valence electrons. The summed E-state index contributed by atoms with van der Waals surface area (Å²) in [5.41, 5.74) is 9.34. The Morgan fingerprint density at radius 3 is 2.72 bits per heavy atom. The maximum atomic E-state index is 6.03. The second-order valence-electron chi connectivity index (χ2n) is 7.81. The molecule has 1 aliphatic heterocycles. The summed E-state index contributed by atoms with van der Waals surface area (Å²) in [6, 6.07) is 14.3. The molecule has 2 aromatic carbocycles. The predicted octanol–water partition coefficient (Wildman–Crippen LogP) is 4.11. The lowest BCUT2D eigenvalue weighted by Gasteiger charge is -2.26. The Morgan fingerprint density at radius 2 is 1.94 bits per heavy atom. The van der Waals surface area contributed by atoms with Gasteiger partial charge in [-0.3, -0.25) is 4.90 Å². The number of hydrogen-bond donors (Lipinski definition) is 2. The van der Waals surface area contributed by atoms with Crippen molar-refractivity contribution in [2.24, 2.45) is 0 Å². The lowest BCUT2D eigenvalue weighted by molar-refractivity contribution is 0.237. The molecule has 0 saturated carbocycles. The minimum Gasteiger partial charge on any atom is -0.497 e. The minimum atomic E-state index is 0.212. The van der Waals surface area contributed by atoms with Gasteiger partial charge in [0.1, 0.15) is 17.3 Å². The Kier molecular flexibility index (Phi) is 6.70. The first-order chi connectivity index (χ1) is 15.6. The quantitative estimate of drug-likeness (QED) is 0.546. The van der Waals surface area contributed by atoms with Gasteiger partial charge in [-0.2, -0.15) is 15.0 Å². The van der Waals surface area contributed by atoms with Crippen molar-refractivity contribution in [3.63, 3.8) is 0 Å². The number of anilines is 3. The van der Waals surface area contributed by atoms with Crippen LogP contribution < -0.4 is 20.5 Å². The minimum absolute atomic E-state index is 0.212. The maximum Gasteiger partial charge on any atom is 0.232 e. The number of ether oxygens (including phenoxy) is 2. The monoisotopic (exact) mass is 434 g/mol. The normalized spacial score (nSPS) is 16.2. The zero-order valence-corrected chi connectivity index (χ0v) is 18.8. The van der Waals surface area contributed by atoms with Crippen molar-refractivity contribution in [2.45, 2.75) is 38.8 Å². The Bertz CT molecular complexity index is 1070. The Labute approximate surface area is 188 Å². The number of rotatable bonds is 8. The van der Waals surface area contributed by atoms with E-state index in [0.29, 0.717) is 18.3 Å². The van der Waals surface area contributed by atoms with E-state index in [1.165, 1.54) is 5.56 Å². The third kappa shape index (κ3) is 4.75. The maximum absolute atomic E-state index is 6.03. The van der Waals surface area contributed by atoms with E-state index >= 15 is 0 Å². The largest absolute Gasteiger partial charge is 0.497 e. The lowest BCUT2D eigenvalue weighted by Crippen LogP contribution is -2.25. The summed E-state index contributed by atoms with van der Waals surface area (Å²) < 4.78 is 11.0. The zero-order chi connectivity index (χ0) is 22.5. The SMILES string of the molecule is CCc1ccccc1Nc1nc(N)nc(CN2CCCC2c2ccc(OC)cc2OC)n1. The summed E-state index contributed by atoms with van der Waals surface area (Å²) in [5, 5.41) is 3.31. The molecule has 1 saturated heterocycles. The average molecular weight is 435 g/mol. The van der Waals surface area contributed by atoms with Crippen LogP contribution in [0.2, 0.25) is 0 Å². The van der Waals surface area contributed by atoms with Crippen LogP contribution in [0.5, 0.6) is 11.5 Å². The number of methoxy groups -OCH3 is 2. The molecule has 1 unspecified atom stereocenters. The van der Waals surface area contributed by atoms with Gasteiger partial charge in [0, 0.05) is 23.4 Å². The average Bonchev–Trinajstić information content (AvgIpc) is 3.26. The van der Waals surface area contributed by atoms with Gasteiger partial charge in [0.15, 0.2) is 0 Å². The molecule has 0 bridgehead atoms. The van der Waals surface area contributed by atoms with Gasteiger partial charge in [-0.05, 0) is 43.5 Å². The summed E-state index contributed by atoms with van der Waals surface area (Å²) in [4.78, 5) is 15.7. The molecule has 3 N–H and O–H groups in total. The zero-order valence-electron chi connectivity index (χ0n) is 18.8. The van der Waals surface area contributed by atoms with Crippen LogP contribution in [0.25, 0.3) is 0 Å². The standard InChI is InChI=1S/C24H30N6O2/c1-4-16-8-5-6-9-19(16)26-24-28-22(27-23(25)29-24)15-30-13-7-10-20(30)18-12-11-17(31-2)14-21(18)32-3/h5-6,8-9,11-12,14,20H,4,7,10,13,15H2,1-3H3,(H3,25,26,27,28,29). The predicted molar refractivity (Wildman–Crippen MR) is 125 cm³/mol. The first-order valence-electron chi connectivity index (χ1n) is 10.9. The van der Waals surface area contributed by atoms with Crippen molar-refractivity contribution >= 4 is 17.6 Å². The number of nitrogen functional groups attached to an aromatic ring is 1. The molecule has 4 rings (SSSR count). The van der Waals surface area contributed by atoms with Crippen LogP contribution in [-0.2, 0) is 13.0 Å². The molecule has 1 fully saturated rings. The van der Waals surface area contributed by atoms with Crippen molar-refractivity contribution in [1.29, 1.82) is 0 Å². The molecule has 2 heterocycles. The third-order valence-corrected chi connectivity index (χ3v) is 5.85. The number of nitrogens with two attached hydrogens (primary N) is 1. The number of nitrogens with zero attached hydrogens (tertiary/aromatic N) is 4. The van der Waals surface area contributed by atoms with E-state index in [2.05, 4.69) is 44.2 Å². The van der Waals surface area contributed by atoms with E-state index < -0.39 is 0 Å². The number of benzene rings is 2. The Hall–Kier alpha value is -3.39. The molecule has 8 nitrogen and oxygen atoms in total. The van der Waals surface area contributed by atoms with Crippen LogP contribution >= 0.6 is 0 Å². The van der Waals surface area contributed by atoms with Gasteiger partial charge >= 0.3 is 0 Å². The number of likely N-dealkylation sites (tertiary alicyclic amines) is 1. The van der Waals surface area contributed by atoms with Gasteiger partial charge in [-0.25, -0.2) is 0 Å². The summed E-state index contributed by atoms with van der Waals surface area (Å²) in [6.07, 6.45) is 3.05. The van der Waals surface area contributed by atoms with Gasteiger partial charge in [0.25, 0.3) is 0 Å². The fraction of sp³-hybridized carbons (Fsp3) is 0.375. The fourth-order valence-corrected chi connectivity index (χ4v) is 4.28. The van der Waals surface area contributed by atoms with E-state index in [1.807, 2.05) is 30.3 Å². The van der Waals surface area contributed by atoms with E-state index in [9.17, 15) is 0 Å². The first-order valence-corrected chi connectivity index (χ1v) is 10.9. The van der Waals surface area contributed by atoms with E-state index in [4.69, 9.17) is 15.2 Å². The molecule has 0 spiro atoms. The molecule has 3 aromatic rings. The van der Waals surface area contributed by atoms with Crippen molar-refractivity contribution < 1.29 is 9.47 Å². The Morgan fingerprint density at radius 1 is 1.09 bits per heavy atom. The summed E-state index contributed by atoms with van der Waals surface area (Å²) >= 11 is 0. The highest BCUT2D eigenvalue weighted by Gasteiger charge is 2.29. The molecular formula is C24H30N6O2. The van der Waals surface area contributed by atoms with E-state index in [0.717, 1.165) is 48.6 Å². The van der Waals surface area contributed by atoms with Crippen molar-refractivity contribution in [3.05, 3.63) is 59.4 Å². The highest BCUT2D eigenvalue weighted by Crippen LogP contribution is 2.39. The van der Waals surface area contributed by atoms with Crippen LogP contribution in [0.15, 0.2) is 42.5 Å². The molecule has 1 aliphatic rings. The van der Waals surface area contributed by atoms with Gasteiger partial charge in [-0.15, -0.1) is 0 Å². The third-order valence-electron chi connectivity index (χ3n) is 5.85. The number of para-hydroxylation sites is 1.